The zero-order chi connectivity index (χ0) is 10.8. The first kappa shape index (κ1) is 9.92. The zero-order valence-electron chi connectivity index (χ0n) is 9.11. The van der Waals surface area contributed by atoms with Gasteiger partial charge in [0.25, 0.3) is 0 Å². The Morgan fingerprint density at radius 3 is 2.80 bits per heavy atom. The van der Waals surface area contributed by atoms with Gasteiger partial charge in [0, 0.05) is 6.07 Å². The minimum atomic E-state index is 0.588. The van der Waals surface area contributed by atoms with Crippen LogP contribution < -0.4 is 4.74 Å². The second-order valence-corrected chi connectivity index (χ2v) is 3.65. The molecule has 0 bridgehead atoms. The quantitative estimate of drug-likeness (QED) is 0.814. The SMILES string of the molecule is COc1ccc2[nH]c(CN(C)C)nc2n1. The molecule has 0 radical (unpaired) electrons. The maximum atomic E-state index is 5.04. The molecule has 5 nitrogen and oxygen atoms in total. The van der Waals surface area contributed by atoms with Crippen LogP contribution in [0.1, 0.15) is 5.82 Å². The molecule has 2 aromatic rings. The lowest BCUT2D eigenvalue weighted by Gasteiger charge is -2.04. The van der Waals surface area contributed by atoms with Gasteiger partial charge in [0.1, 0.15) is 5.82 Å². The van der Waals surface area contributed by atoms with Gasteiger partial charge in [-0.25, -0.2) is 4.98 Å². The van der Waals surface area contributed by atoms with E-state index in [4.69, 9.17) is 4.74 Å². The Labute approximate surface area is 88.1 Å². The highest BCUT2D eigenvalue weighted by atomic mass is 16.5. The van der Waals surface area contributed by atoms with Gasteiger partial charge in [0.15, 0.2) is 5.65 Å². The average molecular weight is 206 g/mol. The molecule has 2 heterocycles. The Morgan fingerprint density at radius 1 is 1.33 bits per heavy atom. The van der Waals surface area contributed by atoms with Crippen LogP contribution in [0.25, 0.3) is 11.2 Å². The first-order valence-corrected chi connectivity index (χ1v) is 4.73. The van der Waals surface area contributed by atoms with Crippen LogP contribution in [0.15, 0.2) is 12.1 Å². The van der Waals surface area contributed by atoms with E-state index in [1.165, 1.54) is 0 Å². The first-order valence-electron chi connectivity index (χ1n) is 4.73. The fourth-order valence-corrected chi connectivity index (χ4v) is 1.41. The lowest BCUT2D eigenvalue weighted by molar-refractivity contribution is 0.392. The van der Waals surface area contributed by atoms with Crippen LogP contribution in [0.3, 0.4) is 0 Å². The number of pyridine rings is 1. The summed E-state index contributed by atoms with van der Waals surface area (Å²) in [6.07, 6.45) is 0. The normalized spacial score (nSPS) is 11.2. The molecule has 2 aromatic heterocycles. The van der Waals surface area contributed by atoms with Gasteiger partial charge < -0.3 is 14.6 Å². The van der Waals surface area contributed by atoms with Crippen LogP contribution in [0.5, 0.6) is 5.88 Å². The van der Waals surface area contributed by atoms with Gasteiger partial charge in [-0.15, -0.1) is 0 Å². The van der Waals surface area contributed by atoms with E-state index in [2.05, 4.69) is 19.9 Å². The zero-order valence-corrected chi connectivity index (χ0v) is 9.11. The summed E-state index contributed by atoms with van der Waals surface area (Å²) < 4.78 is 5.04. The molecule has 0 aliphatic carbocycles. The highest BCUT2D eigenvalue weighted by molar-refractivity contribution is 5.71. The van der Waals surface area contributed by atoms with E-state index in [1.807, 2.05) is 26.2 Å². The lowest BCUT2D eigenvalue weighted by Crippen LogP contribution is -2.11. The number of fused-ring (bicyclic) bond motifs is 1. The van der Waals surface area contributed by atoms with E-state index in [1.54, 1.807) is 7.11 Å². The van der Waals surface area contributed by atoms with E-state index in [0.717, 1.165) is 17.9 Å². The van der Waals surface area contributed by atoms with Crippen molar-refractivity contribution in [1.82, 2.24) is 19.9 Å². The molecule has 0 aromatic carbocycles. The van der Waals surface area contributed by atoms with E-state index in [9.17, 15) is 0 Å². The van der Waals surface area contributed by atoms with Crippen molar-refractivity contribution in [2.45, 2.75) is 6.54 Å². The predicted octanol–water partition coefficient (Wildman–Crippen LogP) is 1.03. The first-order chi connectivity index (χ1) is 7.19. The summed E-state index contributed by atoms with van der Waals surface area (Å²) in [5, 5.41) is 0. The number of ether oxygens (including phenoxy) is 1. The van der Waals surface area contributed by atoms with Crippen molar-refractivity contribution in [3.8, 4) is 5.88 Å². The second kappa shape index (κ2) is 3.86. The van der Waals surface area contributed by atoms with E-state index in [0.29, 0.717) is 11.5 Å². The molecular weight excluding hydrogens is 192 g/mol. The third-order valence-electron chi connectivity index (χ3n) is 2.04. The standard InChI is InChI=1S/C10H14N4O/c1-14(2)6-8-11-7-4-5-9(15-3)13-10(7)12-8/h4-5H,6H2,1-3H3,(H,11,12,13). The number of hydrogen-bond acceptors (Lipinski definition) is 4. The molecule has 0 aliphatic rings. The maximum Gasteiger partial charge on any atom is 0.215 e. The van der Waals surface area contributed by atoms with Gasteiger partial charge in [0.2, 0.25) is 5.88 Å². The van der Waals surface area contributed by atoms with Crippen molar-refractivity contribution in [3.05, 3.63) is 18.0 Å². The molecule has 0 unspecified atom stereocenters. The van der Waals surface area contributed by atoms with Crippen molar-refractivity contribution >= 4 is 11.2 Å². The Kier molecular flexibility index (Phi) is 2.55. The Balaban J connectivity index is 2.37. The third kappa shape index (κ3) is 2.07. The van der Waals surface area contributed by atoms with Crippen molar-refractivity contribution < 1.29 is 4.74 Å². The average Bonchev–Trinajstić information content (AvgIpc) is 2.57. The molecular formula is C10H14N4O. The molecule has 0 fully saturated rings. The number of aromatic amines is 1. The monoisotopic (exact) mass is 206 g/mol. The summed E-state index contributed by atoms with van der Waals surface area (Å²) in [5.41, 5.74) is 1.64. The van der Waals surface area contributed by atoms with Crippen LogP contribution in [-0.2, 0) is 6.54 Å². The number of hydrogen-bond donors (Lipinski definition) is 1. The number of nitrogens with zero attached hydrogens (tertiary/aromatic N) is 3. The third-order valence-corrected chi connectivity index (χ3v) is 2.04. The number of H-pyrrole nitrogens is 1. The number of rotatable bonds is 3. The van der Waals surface area contributed by atoms with Gasteiger partial charge in [-0.1, -0.05) is 0 Å². The minimum absolute atomic E-state index is 0.588. The summed E-state index contributed by atoms with van der Waals surface area (Å²) in [5.74, 6) is 1.50. The second-order valence-electron chi connectivity index (χ2n) is 3.65. The van der Waals surface area contributed by atoms with E-state index in [-0.39, 0.29) is 0 Å². The fraction of sp³-hybridized carbons (Fsp3) is 0.400. The van der Waals surface area contributed by atoms with Crippen molar-refractivity contribution in [2.24, 2.45) is 0 Å². The molecule has 1 N–H and O–H groups in total. The number of aromatic nitrogens is 3. The van der Waals surface area contributed by atoms with Gasteiger partial charge in [-0.3, -0.25) is 0 Å². The topological polar surface area (TPSA) is 54.0 Å². The fourth-order valence-electron chi connectivity index (χ4n) is 1.41. The van der Waals surface area contributed by atoms with E-state index < -0.39 is 0 Å². The molecule has 0 saturated carbocycles. The Morgan fingerprint density at radius 2 is 2.13 bits per heavy atom. The van der Waals surface area contributed by atoms with Crippen molar-refractivity contribution in [1.29, 1.82) is 0 Å². The van der Waals surface area contributed by atoms with Crippen LogP contribution in [-0.4, -0.2) is 41.1 Å². The van der Waals surface area contributed by atoms with Gasteiger partial charge in [-0.2, -0.15) is 4.98 Å². The molecule has 0 amide bonds. The Hall–Kier alpha value is -1.62. The van der Waals surface area contributed by atoms with Gasteiger partial charge >= 0.3 is 0 Å². The van der Waals surface area contributed by atoms with Crippen LogP contribution >= 0.6 is 0 Å². The maximum absolute atomic E-state index is 5.04. The Bertz CT molecular complexity index is 463. The van der Waals surface area contributed by atoms with Gasteiger partial charge in [-0.05, 0) is 20.2 Å². The van der Waals surface area contributed by atoms with Crippen molar-refractivity contribution in [2.75, 3.05) is 21.2 Å². The molecule has 0 atom stereocenters. The molecule has 5 heteroatoms. The predicted molar refractivity (Wildman–Crippen MR) is 57.8 cm³/mol. The highest BCUT2D eigenvalue weighted by Crippen LogP contribution is 2.14. The summed E-state index contributed by atoms with van der Waals surface area (Å²) >= 11 is 0. The van der Waals surface area contributed by atoms with Crippen molar-refractivity contribution in [3.63, 3.8) is 0 Å². The number of methoxy groups -OCH3 is 1. The molecule has 80 valence electrons. The van der Waals surface area contributed by atoms with E-state index >= 15 is 0 Å². The number of nitrogens with one attached hydrogen (secondary N) is 1. The number of imidazole rings is 1. The molecule has 0 spiro atoms. The minimum Gasteiger partial charge on any atom is -0.481 e. The summed E-state index contributed by atoms with van der Waals surface area (Å²) in [6, 6.07) is 3.74. The summed E-state index contributed by atoms with van der Waals surface area (Å²) in [7, 11) is 5.60. The molecule has 2 rings (SSSR count). The van der Waals surface area contributed by atoms with Gasteiger partial charge in [0.05, 0.1) is 19.2 Å². The molecule has 0 saturated heterocycles. The molecule has 15 heavy (non-hydrogen) atoms. The van der Waals surface area contributed by atoms with Crippen LogP contribution in [0.2, 0.25) is 0 Å². The van der Waals surface area contributed by atoms with Crippen LogP contribution in [0, 0.1) is 0 Å². The largest absolute Gasteiger partial charge is 0.481 e. The summed E-state index contributed by atoms with van der Waals surface area (Å²) in [4.78, 5) is 13.9. The lowest BCUT2D eigenvalue weighted by atomic mass is 10.4. The smallest absolute Gasteiger partial charge is 0.215 e. The summed E-state index contributed by atoms with van der Waals surface area (Å²) in [6.45, 7) is 0.776. The van der Waals surface area contributed by atoms with Crippen LogP contribution in [0.4, 0.5) is 0 Å². The molecule has 0 aliphatic heterocycles. The highest BCUT2D eigenvalue weighted by Gasteiger charge is 2.05.